The van der Waals surface area contributed by atoms with Crippen molar-refractivity contribution in [3.63, 3.8) is 0 Å². The second-order valence-electron chi connectivity index (χ2n) is 3.93. The van der Waals surface area contributed by atoms with Crippen LogP contribution in [-0.2, 0) is 9.53 Å². The second kappa shape index (κ2) is 6.64. The van der Waals surface area contributed by atoms with Crippen molar-refractivity contribution in [1.29, 1.82) is 0 Å². The molecule has 0 aromatic carbocycles. The highest BCUT2D eigenvalue weighted by Gasteiger charge is 2.19. The molecular formula is C11H15N3O5. The Labute approximate surface area is 109 Å². The zero-order valence-corrected chi connectivity index (χ0v) is 10.6. The van der Waals surface area contributed by atoms with Gasteiger partial charge in [0.2, 0.25) is 0 Å². The summed E-state index contributed by atoms with van der Waals surface area (Å²) in [5, 5.41) is 22.4. The molecule has 0 bridgehead atoms. The van der Waals surface area contributed by atoms with E-state index in [1.54, 1.807) is 6.92 Å². The number of pyridine rings is 1. The molecule has 2 N–H and O–H groups in total. The molecule has 1 atom stereocenters. The third kappa shape index (κ3) is 4.18. The van der Waals surface area contributed by atoms with Gasteiger partial charge in [-0.25, -0.2) is 9.78 Å². The molecule has 0 amide bonds. The van der Waals surface area contributed by atoms with E-state index >= 15 is 0 Å². The number of nitrogens with zero attached hydrogens (tertiary/aromatic N) is 2. The van der Waals surface area contributed by atoms with Crippen LogP contribution < -0.4 is 5.32 Å². The van der Waals surface area contributed by atoms with Crippen molar-refractivity contribution in [2.24, 2.45) is 0 Å². The van der Waals surface area contributed by atoms with Crippen LogP contribution in [0, 0.1) is 17.0 Å². The van der Waals surface area contributed by atoms with Crippen LogP contribution in [0.2, 0.25) is 0 Å². The molecule has 1 rings (SSSR count). The predicted molar refractivity (Wildman–Crippen MR) is 67.2 cm³/mol. The molecule has 0 radical (unpaired) electrons. The van der Waals surface area contributed by atoms with E-state index in [0.29, 0.717) is 5.56 Å². The molecule has 0 saturated heterocycles. The Morgan fingerprint density at radius 2 is 2.37 bits per heavy atom. The Balaban J connectivity index is 2.87. The van der Waals surface area contributed by atoms with Crippen LogP contribution in [0.5, 0.6) is 0 Å². The fourth-order valence-corrected chi connectivity index (χ4v) is 1.46. The van der Waals surface area contributed by atoms with Crippen molar-refractivity contribution in [2.75, 3.05) is 19.0 Å². The summed E-state index contributed by atoms with van der Waals surface area (Å²) < 4.78 is 4.81. The summed E-state index contributed by atoms with van der Waals surface area (Å²) in [6.45, 7) is 1.83. The minimum atomic E-state index is -1.07. The number of carbonyl (C=O) groups is 1. The first-order valence-corrected chi connectivity index (χ1v) is 5.55. The van der Waals surface area contributed by atoms with Gasteiger partial charge < -0.3 is 15.2 Å². The number of hydrogen-bond donors (Lipinski definition) is 2. The molecule has 0 aliphatic heterocycles. The lowest BCUT2D eigenvalue weighted by Gasteiger charge is -2.14. The van der Waals surface area contributed by atoms with Gasteiger partial charge in [0, 0.05) is 31.9 Å². The molecule has 1 heterocycles. The van der Waals surface area contributed by atoms with Gasteiger partial charge in [0.1, 0.15) is 11.9 Å². The lowest BCUT2D eigenvalue weighted by molar-refractivity contribution is -0.385. The second-order valence-corrected chi connectivity index (χ2v) is 3.93. The van der Waals surface area contributed by atoms with Crippen LogP contribution in [0.1, 0.15) is 12.0 Å². The van der Waals surface area contributed by atoms with Crippen LogP contribution in [0.4, 0.5) is 11.5 Å². The first kappa shape index (κ1) is 14.8. The maximum Gasteiger partial charge on any atom is 0.326 e. The third-order valence-corrected chi connectivity index (χ3v) is 2.50. The fraction of sp³-hybridized carbons (Fsp3) is 0.455. The molecule has 0 saturated carbocycles. The fourth-order valence-electron chi connectivity index (χ4n) is 1.46. The predicted octanol–water partition coefficient (Wildman–Crippen LogP) is 1.20. The maximum atomic E-state index is 11.0. The summed E-state index contributed by atoms with van der Waals surface area (Å²) in [5.41, 5.74) is 0.313. The molecule has 1 aromatic heterocycles. The minimum absolute atomic E-state index is 0.103. The van der Waals surface area contributed by atoms with E-state index in [0.717, 1.165) is 0 Å². The van der Waals surface area contributed by atoms with E-state index in [4.69, 9.17) is 9.84 Å². The molecule has 8 nitrogen and oxygen atoms in total. The Morgan fingerprint density at radius 3 is 2.89 bits per heavy atom. The van der Waals surface area contributed by atoms with Crippen molar-refractivity contribution >= 4 is 17.5 Å². The van der Waals surface area contributed by atoms with Gasteiger partial charge in [-0.05, 0) is 6.92 Å². The number of rotatable bonds is 7. The van der Waals surface area contributed by atoms with Gasteiger partial charge in [0.25, 0.3) is 5.69 Å². The number of nitro groups is 1. The number of ether oxygens (including phenoxy) is 1. The van der Waals surface area contributed by atoms with E-state index in [9.17, 15) is 14.9 Å². The van der Waals surface area contributed by atoms with E-state index < -0.39 is 16.9 Å². The molecule has 19 heavy (non-hydrogen) atoms. The van der Waals surface area contributed by atoms with Gasteiger partial charge in [-0.2, -0.15) is 0 Å². The third-order valence-electron chi connectivity index (χ3n) is 2.50. The number of anilines is 1. The van der Waals surface area contributed by atoms with Crippen LogP contribution >= 0.6 is 0 Å². The van der Waals surface area contributed by atoms with E-state index in [1.807, 2.05) is 0 Å². The quantitative estimate of drug-likeness (QED) is 0.564. The van der Waals surface area contributed by atoms with Crippen molar-refractivity contribution in [3.05, 3.63) is 27.9 Å². The van der Waals surface area contributed by atoms with Crippen LogP contribution in [0.3, 0.4) is 0 Å². The van der Waals surface area contributed by atoms with Crippen LogP contribution in [-0.4, -0.2) is 40.7 Å². The number of carboxylic acid groups (broad SMARTS) is 1. The lowest BCUT2D eigenvalue weighted by Crippen LogP contribution is -2.30. The number of aryl methyl sites for hydroxylation is 1. The zero-order chi connectivity index (χ0) is 14.4. The van der Waals surface area contributed by atoms with Crippen LogP contribution in [0.15, 0.2) is 12.3 Å². The van der Waals surface area contributed by atoms with Gasteiger partial charge in [-0.15, -0.1) is 0 Å². The Morgan fingerprint density at radius 1 is 1.68 bits per heavy atom. The van der Waals surface area contributed by atoms with E-state index in [1.165, 1.54) is 19.4 Å². The Bertz CT molecular complexity index is 477. The zero-order valence-electron chi connectivity index (χ0n) is 10.6. The number of aromatic nitrogens is 1. The topological polar surface area (TPSA) is 115 Å². The Hall–Kier alpha value is -2.22. The first-order chi connectivity index (χ1) is 8.95. The summed E-state index contributed by atoms with van der Waals surface area (Å²) in [6.07, 6.45) is 1.56. The Kier molecular flexibility index (Phi) is 5.19. The molecule has 104 valence electrons. The summed E-state index contributed by atoms with van der Waals surface area (Å²) >= 11 is 0. The molecule has 1 aromatic rings. The number of carboxylic acids is 1. The number of methoxy groups -OCH3 is 1. The maximum absolute atomic E-state index is 11.0. The van der Waals surface area contributed by atoms with Crippen LogP contribution in [0.25, 0.3) is 0 Å². The van der Waals surface area contributed by atoms with E-state index in [2.05, 4.69) is 10.3 Å². The normalized spacial score (nSPS) is 11.9. The molecular weight excluding hydrogens is 254 g/mol. The van der Waals surface area contributed by atoms with Gasteiger partial charge in [-0.3, -0.25) is 10.1 Å². The molecule has 0 spiro atoms. The summed E-state index contributed by atoms with van der Waals surface area (Å²) in [7, 11) is 1.47. The largest absolute Gasteiger partial charge is 0.480 e. The highest BCUT2D eigenvalue weighted by Crippen LogP contribution is 2.20. The average Bonchev–Trinajstić information content (AvgIpc) is 2.35. The molecule has 0 aliphatic carbocycles. The van der Waals surface area contributed by atoms with Gasteiger partial charge in [0.15, 0.2) is 0 Å². The summed E-state index contributed by atoms with van der Waals surface area (Å²) in [6, 6.07) is 0.313. The average molecular weight is 269 g/mol. The minimum Gasteiger partial charge on any atom is -0.480 e. The van der Waals surface area contributed by atoms with Crippen molar-refractivity contribution in [3.8, 4) is 0 Å². The number of nitrogens with one attached hydrogen (secondary N) is 1. The summed E-state index contributed by atoms with van der Waals surface area (Å²) in [5.74, 6) is -0.914. The highest BCUT2D eigenvalue weighted by atomic mass is 16.6. The lowest BCUT2D eigenvalue weighted by atomic mass is 10.2. The van der Waals surface area contributed by atoms with Gasteiger partial charge >= 0.3 is 5.97 Å². The SMILES string of the molecule is COCCC(Nc1cc([N+](=O)[O-])c(C)cn1)C(=O)O. The molecule has 0 aliphatic rings. The highest BCUT2D eigenvalue weighted by molar-refractivity contribution is 5.77. The van der Waals surface area contributed by atoms with Gasteiger partial charge in [0.05, 0.1) is 11.0 Å². The van der Waals surface area contributed by atoms with Crippen molar-refractivity contribution in [1.82, 2.24) is 4.98 Å². The van der Waals surface area contributed by atoms with Gasteiger partial charge in [-0.1, -0.05) is 0 Å². The van der Waals surface area contributed by atoms with Crippen molar-refractivity contribution < 1.29 is 19.6 Å². The first-order valence-electron chi connectivity index (χ1n) is 5.55. The smallest absolute Gasteiger partial charge is 0.326 e. The van der Waals surface area contributed by atoms with E-state index in [-0.39, 0.29) is 24.5 Å². The molecule has 1 unspecified atom stereocenters. The standard InChI is InChI=1S/C11H15N3O5/c1-7-6-12-10(5-9(7)14(17)18)13-8(11(15)16)3-4-19-2/h5-6,8H,3-4H2,1-2H3,(H,12,13)(H,15,16). The molecule has 8 heteroatoms. The molecule has 0 fully saturated rings. The summed E-state index contributed by atoms with van der Waals surface area (Å²) in [4.78, 5) is 25.2. The number of hydrogen-bond acceptors (Lipinski definition) is 6. The monoisotopic (exact) mass is 269 g/mol. The van der Waals surface area contributed by atoms with Crippen molar-refractivity contribution in [2.45, 2.75) is 19.4 Å². The number of aliphatic carboxylic acids is 1.